The normalized spacial score (nSPS) is 12.9. The number of benzene rings is 1. The first-order valence-electron chi connectivity index (χ1n) is 8.44. The van der Waals surface area contributed by atoms with Crippen LogP contribution >= 0.6 is 0 Å². The molecule has 7 nitrogen and oxygen atoms in total. The highest BCUT2D eigenvalue weighted by molar-refractivity contribution is 5.81. The van der Waals surface area contributed by atoms with Gasteiger partial charge in [0.2, 0.25) is 5.91 Å². The van der Waals surface area contributed by atoms with Gasteiger partial charge in [-0.15, -0.1) is 0 Å². The molecular weight excluding hydrogens is 375 g/mol. The molecule has 28 heavy (non-hydrogen) atoms. The third kappa shape index (κ3) is 3.75. The number of halogens is 3. The lowest BCUT2D eigenvalue weighted by molar-refractivity contribution is -0.140. The molecule has 0 bridgehead atoms. The summed E-state index contributed by atoms with van der Waals surface area (Å²) in [5.41, 5.74) is -0.428. The van der Waals surface area contributed by atoms with Gasteiger partial charge in [-0.05, 0) is 19.4 Å². The van der Waals surface area contributed by atoms with Crippen molar-refractivity contribution < 1.29 is 18.0 Å². The predicted molar refractivity (Wildman–Crippen MR) is 95.5 cm³/mol. The summed E-state index contributed by atoms with van der Waals surface area (Å²) in [5.74, 6) is -0.542. The van der Waals surface area contributed by atoms with Crippen LogP contribution in [0.4, 0.5) is 13.2 Å². The van der Waals surface area contributed by atoms with Crippen LogP contribution in [0.3, 0.4) is 0 Å². The van der Waals surface area contributed by atoms with E-state index in [9.17, 15) is 22.8 Å². The fraction of sp³-hybridized carbons (Fsp3) is 0.333. The Hall–Kier alpha value is -3.17. The monoisotopic (exact) mass is 393 g/mol. The minimum absolute atomic E-state index is 0.0537. The molecule has 0 saturated heterocycles. The molecule has 0 aliphatic rings. The number of amides is 1. The van der Waals surface area contributed by atoms with Crippen molar-refractivity contribution >= 4 is 16.8 Å². The molecule has 0 fully saturated rings. The third-order valence-electron chi connectivity index (χ3n) is 4.38. The molecule has 0 saturated carbocycles. The first-order chi connectivity index (χ1) is 13.1. The van der Waals surface area contributed by atoms with Crippen LogP contribution < -0.4 is 10.9 Å². The van der Waals surface area contributed by atoms with E-state index in [2.05, 4.69) is 15.5 Å². The van der Waals surface area contributed by atoms with Gasteiger partial charge in [-0.25, -0.2) is 4.68 Å². The van der Waals surface area contributed by atoms with Crippen LogP contribution in [0.25, 0.3) is 10.9 Å². The Kier molecular flexibility index (Phi) is 4.97. The Balaban J connectivity index is 1.86. The maximum Gasteiger partial charge on any atom is 0.435 e. The Morgan fingerprint density at radius 2 is 1.89 bits per heavy atom. The summed E-state index contributed by atoms with van der Waals surface area (Å²) < 4.78 is 41.2. The van der Waals surface area contributed by atoms with Gasteiger partial charge in [0.15, 0.2) is 5.69 Å². The van der Waals surface area contributed by atoms with Crippen molar-refractivity contribution in [2.45, 2.75) is 32.6 Å². The van der Waals surface area contributed by atoms with E-state index in [1.54, 1.807) is 6.92 Å². The summed E-state index contributed by atoms with van der Waals surface area (Å²) in [6.45, 7) is 3.21. The van der Waals surface area contributed by atoms with Crippen molar-refractivity contribution in [3.63, 3.8) is 0 Å². The lowest BCUT2D eigenvalue weighted by atomic mass is 10.1. The molecule has 0 radical (unpaired) electrons. The van der Waals surface area contributed by atoms with Gasteiger partial charge in [0, 0.05) is 7.05 Å². The number of fused-ring (bicyclic) bond motifs is 1. The van der Waals surface area contributed by atoms with Crippen LogP contribution in [0.1, 0.15) is 29.8 Å². The van der Waals surface area contributed by atoms with Gasteiger partial charge in [-0.1, -0.05) is 29.8 Å². The molecule has 2 aromatic heterocycles. The summed E-state index contributed by atoms with van der Waals surface area (Å²) in [7, 11) is 1.29. The maximum atomic E-state index is 13.2. The van der Waals surface area contributed by atoms with Gasteiger partial charge in [-0.3, -0.25) is 14.3 Å². The summed E-state index contributed by atoms with van der Waals surface area (Å²) in [4.78, 5) is 24.8. The van der Waals surface area contributed by atoms with Crippen LogP contribution in [-0.2, 0) is 24.6 Å². The zero-order valence-corrected chi connectivity index (χ0v) is 15.4. The number of nitrogens with one attached hydrogen (secondary N) is 1. The number of alkyl halides is 3. The fourth-order valence-corrected chi connectivity index (χ4v) is 2.87. The van der Waals surface area contributed by atoms with Gasteiger partial charge in [0.25, 0.3) is 5.56 Å². The summed E-state index contributed by atoms with van der Waals surface area (Å²) in [6.07, 6.45) is -3.70. The number of hydrogen-bond acceptors (Lipinski definition) is 4. The lowest BCUT2D eigenvalue weighted by Crippen LogP contribution is -2.35. The maximum absolute atomic E-state index is 13.2. The molecule has 1 aromatic carbocycles. The average Bonchev–Trinajstić information content (AvgIpc) is 2.96. The van der Waals surface area contributed by atoms with Gasteiger partial charge in [-0.2, -0.15) is 23.4 Å². The quantitative estimate of drug-likeness (QED) is 0.738. The molecule has 2 heterocycles. The first kappa shape index (κ1) is 19.6. The van der Waals surface area contributed by atoms with E-state index in [0.29, 0.717) is 4.68 Å². The van der Waals surface area contributed by atoms with E-state index in [1.165, 1.54) is 7.05 Å². The Morgan fingerprint density at radius 3 is 2.50 bits per heavy atom. The molecule has 0 spiro atoms. The molecule has 0 aliphatic heterocycles. The molecule has 3 aromatic rings. The van der Waals surface area contributed by atoms with Crippen LogP contribution in [-0.4, -0.2) is 25.5 Å². The molecular formula is C18H18F3N5O2. The second-order valence-electron chi connectivity index (χ2n) is 6.54. The highest BCUT2D eigenvalue weighted by Crippen LogP contribution is 2.31. The predicted octanol–water partition coefficient (Wildman–Crippen LogP) is 2.33. The van der Waals surface area contributed by atoms with E-state index in [1.807, 2.05) is 31.2 Å². The number of nitrogens with zero attached hydrogens (tertiary/aromatic N) is 4. The minimum atomic E-state index is -4.79. The van der Waals surface area contributed by atoms with Crippen LogP contribution in [0.5, 0.6) is 0 Å². The number of aromatic nitrogens is 4. The topological polar surface area (TPSA) is 81.8 Å². The van der Waals surface area contributed by atoms with E-state index in [0.717, 1.165) is 22.0 Å². The smallest absolute Gasteiger partial charge is 0.348 e. The van der Waals surface area contributed by atoms with Crippen molar-refractivity contribution in [2.75, 3.05) is 0 Å². The molecule has 1 unspecified atom stereocenters. The van der Waals surface area contributed by atoms with Crippen LogP contribution in [0.15, 0.2) is 35.3 Å². The largest absolute Gasteiger partial charge is 0.435 e. The van der Waals surface area contributed by atoms with Gasteiger partial charge < -0.3 is 5.32 Å². The number of rotatable bonds is 4. The van der Waals surface area contributed by atoms with E-state index >= 15 is 0 Å². The van der Waals surface area contributed by atoms with E-state index in [-0.39, 0.29) is 11.6 Å². The Bertz CT molecular complexity index is 1080. The highest BCUT2D eigenvalue weighted by atomic mass is 19.4. The Labute approximate surface area is 157 Å². The third-order valence-corrected chi connectivity index (χ3v) is 4.38. The van der Waals surface area contributed by atoms with E-state index < -0.39 is 35.3 Å². The summed E-state index contributed by atoms with van der Waals surface area (Å²) >= 11 is 0. The van der Waals surface area contributed by atoms with E-state index in [4.69, 9.17) is 0 Å². The number of hydrogen-bond donors (Lipinski definition) is 1. The van der Waals surface area contributed by atoms with Crippen molar-refractivity contribution in [1.82, 2.24) is 24.9 Å². The van der Waals surface area contributed by atoms with Crippen molar-refractivity contribution in [3.8, 4) is 0 Å². The lowest BCUT2D eigenvalue weighted by Gasteiger charge is -2.15. The second-order valence-corrected chi connectivity index (χ2v) is 6.54. The molecule has 148 valence electrons. The molecule has 10 heteroatoms. The highest BCUT2D eigenvalue weighted by Gasteiger charge is 2.38. The molecule has 3 rings (SSSR count). The van der Waals surface area contributed by atoms with Gasteiger partial charge >= 0.3 is 6.18 Å². The molecule has 1 amide bonds. The first-order valence-corrected chi connectivity index (χ1v) is 8.44. The van der Waals surface area contributed by atoms with Crippen LogP contribution in [0, 0.1) is 6.92 Å². The van der Waals surface area contributed by atoms with Crippen molar-refractivity contribution in [3.05, 3.63) is 57.6 Å². The summed E-state index contributed by atoms with van der Waals surface area (Å²) in [6, 6.07) is 7.19. The zero-order valence-electron chi connectivity index (χ0n) is 15.4. The van der Waals surface area contributed by atoms with Crippen LogP contribution in [0.2, 0.25) is 0 Å². The van der Waals surface area contributed by atoms with Gasteiger partial charge in [0.05, 0.1) is 17.8 Å². The number of carbonyl (C=O) groups is 1. The Morgan fingerprint density at radius 1 is 1.25 bits per heavy atom. The minimum Gasteiger partial charge on any atom is -0.348 e. The molecule has 1 N–H and O–H groups in total. The van der Waals surface area contributed by atoms with Crippen molar-refractivity contribution in [2.24, 2.45) is 7.05 Å². The SMILES string of the molecule is Cc1ccc(C(C)NC(=O)Cn2ncc3c(c(C(F)(F)F)nn3C)c2=O)cc1. The van der Waals surface area contributed by atoms with Gasteiger partial charge in [0.1, 0.15) is 11.9 Å². The second kappa shape index (κ2) is 7.10. The number of aryl methyl sites for hydroxylation is 2. The standard InChI is InChI=1S/C18H18F3N5O2/c1-10-4-6-12(7-5-10)11(2)23-14(27)9-26-17(28)15-13(8-22-26)25(3)24-16(15)18(19,20)21/h4-8,11H,9H2,1-3H3,(H,23,27). The molecule has 1 atom stereocenters. The van der Waals surface area contributed by atoms with Crippen molar-refractivity contribution in [1.29, 1.82) is 0 Å². The number of carbonyl (C=O) groups excluding carboxylic acids is 1. The zero-order chi connectivity index (χ0) is 20.6. The average molecular weight is 393 g/mol. The molecule has 0 aliphatic carbocycles. The fourth-order valence-electron chi connectivity index (χ4n) is 2.87. The summed E-state index contributed by atoms with van der Waals surface area (Å²) in [5, 5.41) is 9.29.